The molecule has 1 aromatic carbocycles. The van der Waals surface area contributed by atoms with Crippen LogP contribution < -0.4 is 4.90 Å². The van der Waals surface area contributed by atoms with Crippen LogP contribution in [0.25, 0.3) is 0 Å². The fraction of sp³-hybridized carbons (Fsp3) is 0.364. The van der Waals surface area contributed by atoms with E-state index in [0.29, 0.717) is 0 Å². The molecule has 1 amide bonds. The normalized spacial score (nSPS) is 20.5. The number of anilines is 1. The first-order chi connectivity index (χ1) is 8.29. The molecule has 1 heterocycles. The Morgan fingerprint density at radius 1 is 1.44 bits per heavy atom. The van der Waals surface area contributed by atoms with Crippen LogP contribution in [0.15, 0.2) is 18.2 Å². The van der Waals surface area contributed by atoms with Gasteiger partial charge in [-0.05, 0) is 47.2 Å². The van der Waals surface area contributed by atoms with E-state index in [9.17, 15) is 13.2 Å². The molecule has 98 valence electrons. The minimum absolute atomic E-state index is 0.0453. The van der Waals surface area contributed by atoms with Gasteiger partial charge in [0.05, 0.1) is 0 Å². The minimum atomic E-state index is -3.69. The second kappa shape index (κ2) is 4.97. The summed E-state index contributed by atoms with van der Waals surface area (Å²) in [4.78, 5) is 13.3. The Morgan fingerprint density at radius 2 is 2.11 bits per heavy atom. The molecule has 1 aliphatic rings. The number of nitrogens with zero attached hydrogens (tertiary/aromatic N) is 1. The maximum atomic E-state index is 11.8. The Labute approximate surface area is 124 Å². The largest absolute Gasteiger partial charge is 0.311 e. The van der Waals surface area contributed by atoms with Crippen LogP contribution in [0.3, 0.4) is 0 Å². The average Bonchev–Trinajstić information content (AvgIpc) is 2.64. The predicted molar refractivity (Wildman–Crippen MR) is 79.4 cm³/mol. The van der Waals surface area contributed by atoms with Gasteiger partial charge in [0.25, 0.3) is 0 Å². The van der Waals surface area contributed by atoms with Crippen molar-refractivity contribution in [1.82, 2.24) is 0 Å². The zero-order valence-corrected chi connectivity index (χ0v) is 13.3. The van der Waals surface area contributed by atoms with Crippen molar-refractivity contribution in [2.45, 2.75) is 18.6 Å². The van der Waals surface area contributed by atoms with Gasteiger partial charge in [0.15, 0.2) is 0 Å². The van der Waals surface area contributed by atoms with Gasteiger partial charge in [-0.15, -0.1) is 0 Å². The average molecular weight is 400 g/mol. The van der Waals surface area contributed by atoms with Gasteiger partial charge in [0, 0.05) is 32.9 Å². The molecule has 1 aromatic rings. The first-order valence-corrected chi connectivity index (χ1v) is 8.74. The summed E-state index contributed by atoms with van der Waals surface area (Å²) in [6.07, 6.45) is -0.0453. The monoisotopic (exact) mass is 399 g/mol. The Bertz CT molecular complexity index is 602. The van der Waals surface area contributed by atoms with E-state index in [1.54, 1.807) is 0 Å². The fourth-order valence-corrected chi connectivity index (χ4v) is 3.39. The van der Waals surface area contributed by atoms with Crippen molar-refractivity contribution >= 4 is 53.9 Å². The highest BCUT2D eigenvalue weighted by molar-refractivity contribution is 14.1. The van der Waals surface area contributed by atoms with Crippen LogP contribution in [0.2, 0.25) is 0 Å². The van der Waals surface area contributed by atoms with E-state index in [4.69, 9.17) is 10.7 Å². The molecule has 2 rings (SSSR count). The van der Waals surface area contributed by atoms with Crippen LogP contribution >= 0.6 is 33.3 Å². The van der Waals surface area contributed by atoms with Crippen molar-refractivity contribution < 1.29 is 13.2 Å². The minimum Gasteiger partial charge on any atom is -0.311 e. The quantitative estimate of drug-likeness (QED) is 0.566. The molecule has 0 N–H and O–H groups in total. The van der Waals surface area contributed by atoms with Gasteiger partial charge in [0.1, 0.15) is 5.25 Å². The molecule has 0 bridgehead atoms. The van der Waals surface area contributed by atoms with Gasteiger partial charge in [0.2, 0.25) is 15.0 Å². The maximum absolute atomic E-state index is 11.8. The van der Waals surface area contributed by atoms with Crippen molar-refractivity contribution in [1.29, 1.82) is 0 Å². The van der Waals surface area contributed by atoms with E-state index in [0.717, 1.165) is 14.8 Å². The highest BCUT2D eigenvalue weighted by Gasteiger charge is 2.37. The molecule has 7 heteroatoms. The molecule has 1 unspecified atom stereocenters. The molecule has 4 nitrogen and oxygen atoms in total. The van der Waals surface area contributed by atoms with Gasteiger partial charge >= 0.3 is 0 Å². The van der Waals surface area contributed by atoms with E-state index in [1.165, 1.54) is 4.90 Å². The van der Waals surface area contributed by atoms with Crippen molar-refractivity contribution in [3.8, 4) is 0 Å². The molecule has 1 saturated heterocycles. The highest BCUT2D eigenvalue weighted by Crippen LogP contribution is 2.28. The molecule has 1 atom stereocenters. The summed E-state index contributed by atoms with van der Waals surface area (Å²) in [7, 11) is 1.62. The molecular formula is C11H11ClINO3S. The van der Waals surface area contributed by atoms with Crippen molar-refractivity contribution in [3.63, 3.8) is 0 Å². The van der Waals surface area contributed by atoms with Crippen molar-refractivity contribution in [3.05, 3.63) is 27.3 Å². The summed E-state index contributed by atoms with van der Waals surface area (Å²) in [5.41, 5.74) is 1.84. The third-order valence-corrected chi connectivity index (χ3v) is 5.98. The summed E-state index contributed by atoms with van der Waals surface area (Å²) >= 11 is 2.18. The molecule has 0 aromatic heterocycles. The summed E-state index contributed by atoms with van der Waals surface area (Å²) in [5, 5.41) is -0.814. The third-order valence-electron chi connectivity index (χ3n) is 2.95. The second-order valence-corrected chi connectivity index (χ2v) is 8.31. The van der Waals surface area contributed by atoms with E-state index in [-0.39, 0.29) is 18.9 Å². The number of hydrogen-bond acceptors (Lipinski definition) is 3. The zero-order valence-electron chi connectivity index (χ0n) is 9.56. The van der Waals surface area contributed by atoms with Crippen LogP contribution in [0.5, 0.6) is 0 Å². The van der Waals surface area contributed by atoms with Gasteiger partial charge in [-0.25, -0.2) is 8.42 Å². The van der Waals surface area contributed by atoms with Crippen molar-refractivity contribution in [2.75, 3.05) is 11.4 Å². The lowest BCUT2D eigenvalue weighted by atomic mass is 10.2. The number of amides is 1. The van der Waals surface area contributed by atoms with Gasteiger partial charge in [-0.1, -0.05) is 6.07 Å². The summed E-state index contributed by atoms with van der Waals surface area (Å²) < 4.78 is 23.6. The number of hydrogen-bond donors (Lipinski definition) is 0. The second-order valence-electron chi connectivity index (χ2n) is 4.24. The summed E-state index contributed by atoms with van der Waals surface area (Å²) in [5.74, 6) is -0.205. The highest BCUT2D eigenvalue weighted by atomic mass is 127. The first kappa shape index (κ1) is 14.1. The number of carbonyl (C=O) groups is 1. The first-order valence-electron chi connectivity index (χ1n) is 5.29. The SMILES string of the molecule is Cc1ccc(N2CC(S(=O)(=O)Cl)CC2=O)cc1I. The number of halogens is 2. The van der Waals surface area contributed by atoms with E-state index in [1.807, 2.05) is 25.1 Å². The van der Waals surface area contributed by atoms with Crippen LogP contribution in [0.1, 0.15) is 12.0 Å². The smallest absolute Gasteiger partial charge is 0.237 e. The zero-order chi connectivity index (χ0) is 13.5. The van der Waals surface area contributed by atoms with Gasteiger partial charge in [-0.3, -0.25) is 4.79 Å². The number of carbonyl (C=O) groups excluding carboxylic acids is 1. The Morgan fingerprint density at radius 3 is 2.61 bits per heavy atom. The number of rotatable bonds is 2. The fourth-order valence-electron chi connectivity index (χ4n) is 1.86. The Kier molecular flexibility index (Phi) is 3.89. The van der Waals surface area contributed by atoms with Gasteiger partial charge in [-0.2, -0.15) is 0 Å². The lowest BCUT2D eigenvalue weighted by Crippen LogP contribution is -2.26. The summed E-state index contributed by atoms with van der Waals surface area (Å²) in [6.45, 7) is 2.10. The molecule has 0 radical (unpaired) electrons. The molecule has 1 fully saturated rings. The molecular weight excluding hydrogens is 389 g/mol. The lowest BCUT2D eigenvalue weighted by molar-refractivity contribution is -0.117. The van der Waals surface area contributed by atoms with Crippen LogP contribution in [0, 0.1) is 10.5 Å². The van der Waals surface area contributed by atoms with Crippen molar-refractivity contribution in [2.24, 2.45) is 0 Å². The molecule has 18 heavy (non-hydrogen) atoms. The number of benzene rings is 1. The van der Waals surface area contributed by atoms with Crippen LogP contribution in [0.4, 0.5) is 5.69 Å². The topological polar surface area (TPSA) is 54.5 Å². The third kappa shape index (κ3) is 2.80. The Hall–Kier alpha value is -0.340. The van der Waals surface area contributed by atoms with E-state index < -0.39 is 14.3 Å². The maximum Gasteiger partial charge on any atom is 0.237 e. The van der Waals surface area contributed by atoms with Crippen LogP contribution in [-0.2, 0) is 13.8 Å². The Balaban J connectivity index is 2.30. The summed E-state index contributed by atoms with van der Waals surface area (Å²) in [6, 6.07) is 5.60. The van der Waals surface area contributed by atoms with Crippen LogP contribution in [-0.4, -0.2) is 26.1 Å². The van der Waals surface area contributed by atoms with Gasteiger partial charge < -0.3 is 4.90 Å². The molecule has 0 saturated carbocycles. The predicted octanol–water partition coefficient (Wildman–Crippen LogP) is 2.27. The van der Waals surface area contributed by atoms with E-state index >= 15 is 0 Å². The lowest BCUT2D eigenvalue weighted by Gasteiger charge is -2.17. The standard InChI is InChI=1S/C11H11ClINO3S/c1-7-2-3-8(4-10(7)13)14-6-9(5-11(14)15)18(12,16)17/h2-4,9H,5-6H2,1H3. The molecule has 0 aliphatic carbocycles. The number of aryl methyl sites for hydroxylation is 1. The molecule has 1 aliphatic heterocycles. The van der Waals surface area contributed by atoms with E-state index in [2.05, 4.69) is 22.6 Å². The molecule has 0 spiro atoms.